The number of carbonyl (C=O) groups is 1. The Labute approximate surface area is 165 Å². The van der Waals surface area contributed by atoms with Gasteiger partial charge in [0.05, 0.1) is 22.6 Å². The molecule has 1 atom stereocenters. The molecule has 1 aliphatic carbocycles. The van der Waals surface area contributed by atoms with Crippen molar-refractivity contribution >= 4 is 49.1 Å². The van der Waals surface area contributed by atoms with Gasteiger partial charge in [-0.3, -0.25) is 14.2 Å². The summed E-state index contributed by atoms with van der Waals surface area (Å²) in [4.78, 5) is 31.7. The Morgan fingerprint density at radius 3 is 2.89 bits per heavy atom. The van der Waals surface area contributed by atoms with Gasteiger partial charge >= 0.3 is 0 Å². The summed E-state index contributed by atoms with van der Waals surface area (Å²) in [7, 11) is -1.34. The smallest absolute Gasteiger partial charge is 0.262 e. The summed E-state index contributed by atoms with van der Waals surface area (Å²) in [6, 6.07) is -0.314. The molecule has 0 aromatic carbocycles. The zero-order valence-corrected chi connectivity index (χ0v) is 17.4. The van der Waals surface area contributed by atoms with E-state index in [-0.39, 0.29) is 34.8 Å². The highest BCUT2D eigenvalue weighted by molar-refractivity contribution is 7.99. The number of nitrogens with one attached hydrogen (secondary N) is 1. The fraction of sp³-hybridized carbons (Fsp3) is 0.588. The standard InChI is InChI=1S/C17H21N3O4S3/c1-20-16(22)14-11-4-2-3-5-12(11)26-15(14)19-17(20)25-8-13(21)18-10-6-7-27(23,24)9-10/h10H,2-9H2,1H3,(H,18,21). The summed E-state index contributed by atoms with van der Waals surface area (Å²) in [6.45, 7) is 0. The Morgan fingerprint density at radius 2 is 2.15 bits per heavy atom. The van der Waals surface area contributed by atoms with E-state index in [0.717, 1.165) is 41.5 Å². The van der Waals surface area contributed by atoms with Crippen LogP contribution in [0.4, 0.5) is 0 Å². The summed E-state index contributed by atoms with van der Waals surface area (Å²) < 4.78 is 24.5. The van der Waals surface area contributed by atoms with Crippen molar-refractivity contribution in [2.75, 3.05) is 17.3 Å². The van der Waals surface area contributed by atoms with Crippen molar-refractivity contribution in [3.05, 3.63) is 20.8 Å². The van der Waals surface area contributed by atoms with Gasteiger partial charge in [0.25, 0.3) is 5.56 Å². The molecule has 0 bridgehead atoms. The number of thioether (sulfide) groups is 1. The summed E-state index contributed by atoms with van der Waals surface area (Å²) in [5, 5.41) is 4.02. The highest BCUT2D eigenvalue weighted by Gasteiger charge is 2.29. The SMILES string of the molecule is Cn1c(SCC(=O)NC2CCS(=O)(=O)C2)nc2sc3c(c2c1=O)CCCC3. The number of rotatable bonds is 4. The van der Waals surface area contributed by atoms with Gasteiger partial charge in [-0.2, -0.15) is 0 Å². The maximum atomic E-state index is 12.8. The van der Waals surface area contributed by atoms with Crippen molar-refractivity contribution in [3.8, 4) is 0 Å². The van der Waals surface area contributed by atoms with Crippen LogP contribution in [0.5, 0.6) is 0 Å². The molecule has 0 spiro atoms. The first-order chi connectivity index (χ1) is 12.8. The van der Waals surface area contributed by atoms with Gasteiger partial charge in [0.15, 0.2) is 15.0 Å². The highest BCUT2D eigenvalue weighted by atomic mass is 32.2. The molecule has 1 aliphatic heterocycles. The minimum atomic E-state index is -3.02. The van der Waals surface area contributed by atoms with E-state index in [1.807, 2.05) is 0 Å². The van der Waals surface area contributed by atoms with Gasteiger partial charge in [0.1, 0.15) is 4.83 Å². The molecule has 0 radical (unpaired) electrons. The van der Waals surface area contributed by atoms with E-state index in [1.54, 1.807) is 18.4 Å². The Hall–Kier alpha value is -1.39. The number of thiophene rings is 1. The lowest BCUT2D eigenvalue weighted by molar-refractivity contribution is -0.119. The number of hydrogen-bond donors (Lipinski definition) is 1. The zero-order valence-electron chi connectivity index (χ0n) is 15.0. The number of aryl methyl sites for hydroxylation is 2. The first-order valence-corrected chi connectivity index (χ1v) is 12.6. The number of nitrogens with zero attached hydrogens (tertiary/aromatic N) is 2. The van der Waals surface area contributed by atoms with Crippen LogP contribution in [0.25, 0.3) is 10.2 Å². The molecule has 1 unspecified atom stereocenters. The second-order valence-electron chi connectivity index (χ2n) is 7.11. The third kappa shape index (κ3) is 3.79. The lowest BCUT2D eigenvalue weighted by Gasteiger charge is -2.12. The highest BCUT2D eigenvalue weighted by Crippen LogP contribution is 2.34. The number of fused-ring (bicyclic) bond motifs is 3. The van der Waals surface area contributed by atoms with Gasteiger partial charge in [0.2, 0.25) is 5.91 Å². The van der Waals surface area contributed by atoms with Crippen molar-refractivity contribution in [2.45, 2.75) is 43.3 Å². The Balaban J connectivity index is 1.50. The Bertz CT molecular complexity index is 1070. The van der Waals surface area contributed by atoms with Gasteiger partial charge in [0, 0.05) is 18.0 Å². The number of aromatic nitrogens is 2. The van der Waals surface area contributed by atoms with Gasteiger partial charge in [-0.1, -0.05) is 11.8 Å². The number of carbonyl (C=O) groups excluding carboxylic acids is 1. The fourth-order valence-electron chi connectivity index (χ4n) is 3.70. The van der Waals surface area contributed by atoms with E-state index < -0.39 is 9.84 Å². The van der Waals surface area contributed by atoms with Crippen LogP contribution in [0.3, 0.4) is 0 Å². The summed E-state index contributed by atoms with van der Waals surface area (Å²) in [5.41, 5.74) is 1.11. The number of sulfone groups is 1. The number of amides is 1. The van der Waals surface area contributed by atoms with Crippen molar-refractivity contribution in [2.24, 2.45) is 7.05 Å². The zero-order chi connectivity index (χ0) is 19.2. The van der Waals surface area contributed by atoms with E-state index >= 15 is 0 Å². The van der Waals surface area contributed by atoms with Gasteiger partial charge in [-0.05, 0) is 37.7 Å². The predicted molar refractivity (Wildman–Crippen MR) is 107 cm³/mol. The van der Waals surface area contributed by atoms with Crippen molar-refractivity contribution in [3.63, 3.8) is 0 Å². The second-order valence-corrected chi connectivity index (χ2v) is 11.4. The maximum absolute atomic E-state index is 12.8. The monoisotopic (exact) mass is 427 g/mol. The molecule has 10 heteroatoms. The quantitative estimate of drug-likeness (QED) is 0.583. The third-order valence-corrected chi connectivity index (χ3v) is 9.07. The molecule has 1 amide bonds. The summed E-state index contributed by atoms with van der Waals surface area (Å²) in [6.07, 6.45) is 4.66. The molecule has 2 aromatic heterocycles. The van der Waals surface area contributed by atoms with E-state index in [0.29, 0.717) is 11.6 Å². The Kier molecular flexibility index (Phi) is 5.06. The lowest BCUT2D eigenvalue weighted by atomic mass is 9.97. The molecule has 1 saturated heterocycles. The van der Waals surface area contributed by atoms with Crippen LogP contribution < -0.4 is 10.9 Å². The fourth-order valence-corrected chi connectivity index (χ4v) is 7.46. The van der Waals surface area contributed by atoms with Gasteiger partial charge < -0.3 is 5.32 Å². The lowest BCUT2D eigenvalue weighted by Crippen LogP contribution is -2.36. The summed E-state index contributed by atoms with van der Waals surface area (Å²) in [5.74, 6) is 0.00290. The molecule has 146 valence electrons. The van der Waals surface area contributed by atoms with Gasteiger partial charge in [-0.25, -0.2) is 13.4 Å². The van der Waals surface area contributed by atoms with Crippen molar-refractivity contribution < 1.29 is 13.2 Å². The van der Waals surface area contributed by atoms with E-state index in [2.05, 4.69) is 10.3 Å². The van der Waals surface area contributed by atoms with E-state index in [1.165, 1.54) is 21.2 Å². The Morgan fingerprint density at radius 1 is 1.37 bits per heavy atom. The third-order valence-electron chi connectivity index (χ3n) is 5.09. The predicted octanol–water partition coefficient (Wildman–Crippen LogP) is 1.27. The topological polar surface area (TPSA) is 98.1 Å². The van der Waals surface area contributed by atoms with Crippen LogP contribution in [0.1, 0.15) is 29.7 Å². The van der Waals surface area contributed by atoms with Gasteiger partial charge in [-0.15, -0.1) is 11.3 Å². The number of hydrogen-bond acceptors (Lipinski definition) is 7. The molecule has 27 heavy (non-hydrogen) atoms. The second kappa shape index (κ2) is 7.21. The van der Waals surface area contributed by atoms with Crippen LogP contribution >= 0.6 is 23.1 Å². The molecule has 3 heterocycles. The molecule has 4 rings (SSSR count). The molecule has 2 aliphatic rings. The van der Waals surface area contributed by atoms with Crippen molar-refractivity contribution in [1.29, 1.82) is 0 Å². The normalized spacial score (nSPS) is 21.3. The molecule has 7 nitrogen and oxygen atoms in total. The molecular formula is C17H21N3O4S3. The maximum Gasteiger partial charge on any atom is 0.262 e. The minimum absolute atomic E-state index is 0.00680. The molecule has 1 fully saturated rings. The average molecular weight is 428 g/mol. The largest absolute Gasteiger partial charge is 0.352 e. The van der Waals surface area contributed by atoms with Crippen LogP contribution in [-0.4, -0.2) is 47.2 Å². The van der Waals surface area contributed by atoms with E-state index in [9.17, 15) is 18.0 Å². The van der Waals surface area contributed by atoms with Crippen molar-refractivity contribution in [1.82, 2.24) is 14.9 Å². The first-order valence-electron chi connectivity index (χ1n) is 8.98. The van der Waals surface area contributed by atoms with Crippen LogP contribution in [-0.2, 0) is 34.5 Å². The average Bonchev–Trinajstić information content (AvgIpc) is 3.16. The summed E-state index contributed by atoms with van der Waals surface area (Å²) >= 11 is 2.80. The first kappa shape index (κ1) is 18.9. The van der Waals surface area contributed by atoms with E-state index in [4.69, 9.17) is 0 Å². The molecule has 2 aromatic rings. The molecule has 0 saturated carbocycles. The minimum Gasteiger partial charge on any atom is -0.352 e. The molecule has 1 N–H and O–H groups in total. The molecular weight excluding hydrogens is 406 g/mol. The van der Waals surface area contributed by atoms with Crippen LogP contribution in [0, 0.1) is 0 Å². The van der Waals surface area contributed by atoms with Crippen LogP contribution in [0.15, 0.2) is 9.95 Å². The van der Waals surface area contributed by atoms with Crippen LogP contribution in [0.2, 0.25) is 0 Å².